The fraction of sp³-hybridized carbons (Fsp3) is 0.400. The van der Waals surface area contributed by atoms with Crippen LogP contribution in [0.1, 0.15) is 12.8 Å². The summed E-state index contributed by atoms with van der Waals surface area (Å²) in [6, 6.07) is 7.93. The molecular formula is C15H19N3O. The van der Waals surface area contributed by atoms with Crippen LogP contribution in [0.4, 0.5) is 11.4 Å². The number of benzene rings is 1. The smallest absolute Gasteiger partial charge is 0.0750 e. The minimum atomic E-state index is 0.349. The van der Waals surface area contributed by atoms with Crippen molar-refractivity contribution in [2.75, 3.05) is 30.8 Å². The van der Waals surface area contributed by atoms with Crippen LogP contribution >= 0.6 is 0 Å². The number of pyridine rings is 1. The van der Waals surface area contributed by atoms with Gasteiger partial charge in [-0.2, -0.15) is 0 Å². The highest BCUT2D eigenvalue weighted by molar-refractivity contribution is 5.93. The SMILES string of the molecule is CN(CC1CCCO1)c1ccnc2cc(N)ccc12. The van der Waals surface area contributed by atoms with Gasteiger partial charge in [0.05, 0.1) is 11.6 Å². The molecule has 1 aromatic heterocycles. The summed E-state index contributed by atoms with van der Waals surface area (Å²) in [6.07, 6.45) is 4.51. The van der Waals surface area contributed by atoms with E-state index in [4.69, 9.17) is 10.5 Å². The predicted molar refractivity (Wildman–Crippen MR) is 78.4 cm³/mol. The van der Waals surface area contributed by atoms with E-state index in [1.165, 1.54) is 12.1 Å². The zero-order valence-electron chi connectivity index (χ0n) is 11.2. The summed E-state index contributed by atoms with van der Waals surface area (Å²) in [7, 11) is 2.10. The van der Waals surface area contributed by atoms with E-state index in [-0.39, 0.29) is 0 Å². The zero-order chi connectivity index (χ0) is 13.2. The van der Waals surface area contributed by atoms with Crippen molar-refractivity contribution >= 4 is 22.3 Å². The molecule has 2 aromatic rings. The molecule has 0 radical (unpaired) electrons. The first-order valence-corrected chi connectivity index (χ1v) is 6.71. The standard InChI is InChI=1S/C15H19N3O/c1-18(10-12-3-2-8-19-12)15-6-7-17-14-9-11(16)4-5-13(14)15/h4-7,9,12H,2-3,8,10,16H2,1H3. The lowest BCUT2D eigenvalue weighted by atomic mass is 10.1. The number of aromatic nitrogens is 1. The number of ether oxygens (including phenoxy) is 1. The Hall–Kier alpha value is -1.81. The first-order valence-electron chi connectivity index (χ1n) is 6.71. The number of fused-ring (bicyclic) bond motifs is 1. The fourth-order valence-electron chi connectivity index (χ4n) is 2.68. The maximum atomic E-state index is 5.81. The molecule has 1 aliphatic heterocycles. The molecular weight excluding hydrogens is 238 g/mol. The van der Waals surface area contributed by atoms with E-state index < -0.39 is 0 Å². The molecule has 0 spiro atoms. The van der Waals surface area contributed by atoms with Crippen LogP contribution in [-0.2, 0) is 4.74 Å². The van der Waals surface area contributed by atoms with Crippen LogP contribution in [0, 0.1) is 0 Å². The van der Waals surface area contributed by atoms with Crippen molar-refractivity contribution in [3.63, 3.8) is 0 Å². The zero-order valence-corrected chi connectivity index (χ0v) is 11.2. The van der Waals surface area contributed by atoms with E-state index >= 15 is 0 Å². The molecule has 0 saturated carbocycles. The topological polar surface area (TPSA) is 51.4 Å². The lowest BCUT2D eigenvalue weighted by molar-refractivity contribution is 0.116. The quantitative estimate of drug-likeness (QED) is 0.858. The Labute approximate surface area is 113 Å². The molecule has 1 aromatic carbocycles. The third kappa shape index (κ3) is 2.49. The van der Waals surface area contributed by atoms with Crippen LogP contribution in [0.15, 0.2) is 30.5 Å². The van der Waals surface area contributed by atoms with Crippen molar-refractivity contribution < 1.29 is 4.74 Å². The number of hydrogen-bond acceptors (Lipinski definition) is 4. The van der Waals surface area contributed by atoms with Gasteiger partial charge in [-0.1, -0.05) is 0 Å². The number of anilines is 2. The number of nitrogens with two attached hydrogens (primary N) is 1. The largest absolute Gasteiger partial charge is 0.399 e. The first kappa shape index (κ1) is 12.2. The summed E-state index contributed by atoms with van der Waals surface area (Å²) in [5, 5.41) is 1.14. The number of nitrogen functional groups attached to an aromatic ring is 1. The summed E-state index contributed by atoms with van der Waals surface area (Å²) in [5.41, 5.74) is 8.68. The van der Waals surface area contributed by atoms with E-state index in [0.29, 0.717) is 6.10 Å². The Balaban J connectivity index is 1.90. The second-order valence-corrected chi connectivity index (χ2v) is 5.12. The molecule has 4 heteroatoms. The van der Waals surface area contributed by atoms with Crippen LogP contribution in [0.3, 0.4) is 0 Å². The van der Waals surface area contributed by atoms with Crippen molar-refractivity contribution in [2.45, 2.75) is 18.9 Å². The Bertz CT molecular complexity index is 579. The van der Waals surface area contributed by atoms with E-state index in [1.807, 2.05) is 30.5 Å². The van der Waals surface area contributed by atoms with Gasteiger partial charge in [-0.25, -0.2) is 0 Å². The highest BCUT2D eigenvalue weighted by atomic mass is 16.5. The molecule has 3 rings (SSSR count). The Morgan fingerprint density at radius 2 is 2.32 bits per heavy atom. The summed E-state index contributed by atoms with van der Waals surface area (Å²) >= 11 is 0. The van der Waals surface area contributed by atoms with Gasteiger partial charge >= 0.3 is 0 Å². The van der Waals surface area contributed by atoms with Gasteiger partial charge in [0.1, 0.15) is 0 Å². The van der Waals surface area contributed by atoms with Gasteiger partial charge in [-0.15, -0.1) is 0 Å². The third-order valence-corrected chi connectivity index (χ3v) is 3.66. The van der Waals surface area contributed by atoms with Gasteiger partial charge in [-0.3, -0.25) is 4.98 Å². The maximum Gasteiger partial charge on any atom is 0.0750 e. The summed E-state index contributed by atoms with van der Waals surface area (Å²) in [4.78, 5) is 6.63. The minimum absolute atomic E-state index is 0.349. The lowest BCUT2D eigenvalue weighted by Gasteiger charge is -2.24. The highest BCUT2D eigenvalue weighted by Crippen LogP contribution is 2.27. The van der Waals surface area contributed by atoms with Crippen molar-refractivity contribution in [1.29, 1.82) is 0 Å². The molecule has 1 aliphatic rings. The van der Waals surface area contributed by atoms with Gasteiger partial charge in [0.25, 0.3) is 0 Å². The summed E-state index contributed by atoms with van der Waals surface area (Å²) in [6.45, 7) is 1.82. The van der Waals surface area contributed by atoms with Crippen molar-refractivity contribution in [2.24, 2.45) is 0 Å². The molecule has 2 N–H and O–H groups in total. The Morgan fingerprint density at radius 3 is 3.11 bits per heavy atom. The molecule has 100 valence electrons. The molecule has 1 atom stereocenters. The molecule has 0 bridgehead atoms. The fourth-order valence-corrected chi connectivity index (χ4v) is 2.68. The molecule has 1 unspecified atom stereocenters. The molecule has 19 heavy (non-hydrogen) atoms. The normalized spacial score (nSPS) is 18.9. The van der Waals surface area contributed by atoms with E-state index in [1.54, 1.807) is 0 Å². The van der Waals surface area contributed by atoms with Crippen LogP contribution in [-0.4, -0.2) is 31.3 Å². The average molecular weight is 257 g/mol. The van der Waals surface area contributed by atoms with Gasteiger partial charge in [0.2, 0.25) is 0 Å². The number of rotatable bonds is 3. The minimum Gasteiger partial charge on any atom is -0.399 e. The first-order chi connectivity index (χ1) is 9.24. The number of nitrogens with zero attached hydrogens (tertiary/aromatic N) is 2. The Morgan fingerprint density at radius 1 is 1.42 bits per heavy atom. The van der Waals surface area contributed by atoms with E-state index in [0.717, 1.165) is 36.2 Å². The molecule has 2 heterocycles. The van der Waals surface area contributed by atoms with Gasteiger partial charge in [0, 0.05) is 43.2 Å². The maximum absolute atomic E-state index is 5.81. The predicted octanol–water partition coefficient (Wildman–Crippen LogP) is 2.43. The average Bonchev–Trinajstić information content (AvgIpc) is 2.90. The molecule has 1 fully saturated rings. The third-order valence-electron chi connectivity index (χ3n) is 3.66. The Kier molecular flexibility index (Phi) is 3.25. The summed E-state index contributed by atoms with van der Waals surface area (Å²) < 4.78 is 5.70. The lowest BCUT2D eigenvalue weighted by Crippen LogP contribution is -2.28. The van der Waals surface area contributed by atoms with Gasteiger partial charge < -0.3 is 15.4 Å². The second kappa shape index (κ2) is 5.05. The van der Waals surface area contributed by atoms with E-state index in [2.05, 4.69) is 16.9 Å². The van der Waals surface area contributed by atoms with E-state index in [9.17, 15) is 0 Å². The van der Waals surface area contributed by atoms with Crippen molar-refractivity contribution in [3.8, 4) is 0 Å². The molecule has 1 saturated heterocycles. The van der Waals surface area contributed by atoms with Crippen molar-refractivity contribution in [3.05, 3.63) is 30.5 Å². The monoisotopic (exact) mass is 257 g/mol. The van der Waals surface area contributed by atoms with Crippen molar-refractivity contribution in [1.82, 2.24) is 4.98 Å². The van der Waals surface area contributed by atoms with Gasteiger partial charge in [-0.05, 0) is 37.1 Å². The second-order valence-electron chi connectivity index (χ2n) is 5.12. The molecule has 0 aliphatic carbocycles. The number of likely N-dealkylation sites (N-methyl/N-ethyl adjacent to an activating group) is 1. The molecule has 0 amide bonds. The van der Waals surface area contributed by atoms with Crippen LogP contribution in [0.2, 0.25) is 0 Å². The van der Waals surface area contributed by atoms with Crippen LogP contribution in [0.5, 0.6) is 0 Å². The highest BCUT2D eigenvalue weighted by Gasteiger charge is 2.18. The number of hydrogen-bond donors (Lipinski definition) is 1. The van der Waals surface area contributed by atoms with Crippen LogP contribution < -0.4 is 10.6 Å². The van der Waals surface area contributed by atoms with Crippen LogP contribution in [0.25, 0.3) is 10.9 Å². The molecule has 4 nitrogen and oxygen atoms in total. The summed E-state index contributed by atoms with van der Waals surface area (Å²) in [5.74, 6) is 0. The van der Waals surface area contributed by atoms with Gasteiger partial charge in [0.15, 0.2) is 0 Å².